The van der Waals surface area contributed by atoms with E-state index in [1.807, 2.05) is 19.1 Å². The number of hydrogen-bond donors (Lipinski definition) is 2. The van der Waals surface area contributed by atoms with Crippen molar-refractivity contribution >= 4 is 5.97 Å². The topological polar surface area (TPSA) is 57.5 Å². The van der Waals surface area contributed by atoms with E-state index >= 15 is 0 Å². The first-order chi connectivity index (χ1) is 10.2. The second-order valence-electron chi connectivity index (χ2n) is 5.16. The Morgan fingerprint density at radius 3 is 2.33 bits per heavy atom. The first-order valence-electron chi connectivity index (χ1n) is 8.05. The Morgan fingerprint density at radius 2 is 1.62 bits per heavy atom. The minimum absolute atomic E-state index is 0.297. The minimum Gasteiger partial charge on any atom is -0.481 e. The number of aliphatic carboxylic acids is 1. The number of aliphatic hydroxyl groups is 1. The Morgan fingerprint density at radius 1 is 0.952 bits per heavy atom. The van der Waals surface area contributed by atoms with Crippen LogP contribution >= 0.6 is 0 Å². The van der Waals surface area contributed by atoms with Gasteiger partial charge in [-0.2, -0.15) is 0 Å². The molecule has 0 heterocycles. The van der Waals surface area contributed by atoms with Crippen molar-refractivity contribution in [3.63, 3.8) is 0 Å². The maximum atomic E-state index is 10.3. The number of carboxylic acids is 1. The van der Waals surface area contributed by atoms with Crippen molar-refractivity contribution in [2.75, 3.05) is 0 Å². The standard InChI is InChI=1S/C18H30O3/c1-2-3-14-17(19)15-12-10-8-6-4-5-7-9-11-13-16-18(20)21/h3,6,8,12,14-15,17,19H,2,4-5,7,9-11,13,16H2,1H3,(H,20,21)/b8-6-,14-3-,15-12-. The summed E-state index contributed by atoms with van der Waals surface area (Å²) in [4.78, 5) is 10.3. The molecule has 1 unspecified atom stereocenters. The van der Waals surface area contributed by atoms with Crippen LogP contribution in [-0.2, 0) is 4.79 Å². The van der Waals surface area contributed by atoms with Crippen LogP contribution in [0.25, 0.3) is 0 Å². The van der Waals surface area contributed by atoms with E-state index in [1.165, 1.54) is 6.42 Å². The lowest BCUT2D eigenvalue weighted by Crippen LogP contribution is -1.95. The molecule has 0 aliphatic carbocycles. The Bertz CT molecular complexity index is 329. The van der Waals surface area contributed by atoms with E-state index in [0.717, 1.165) is 44.9 Å². The quantitative estimate of drug-likeness (QED) is 0.384. The summed E-state index contributed by atoms with van der Waals surface area (Å²) >= 11 is 0. The van der Waals surface area contributed by atoms with Crippen molar-refractivity contribution in [2.45, 2.75) is 70.8 Å². The molecule has 0 fully saturated rings. The average molecular weight is 294 g/mol. The zero-order valence-electron chi connectivity index (χ0n) is 13.2. The van der Waals surface area contributed by atoms with Gasteiger partial charge in [-0.25, -0.2) is 0 Å². The lowest BCUT2D eigenvalue weighted by Gasteiger charge is -1.98. The van der Waals surface area contributed by atoms with E-state index in [9.17, 15) is 9.90 Å². The zero-order valence-corrected chi connectivity index (χ0v) is 13.2. The van der Waals surface area contributed by atoms with Gasteiger partial charge >= 0.3 is 5.97 Å². The Balaban J connectivity index is 3.38. The van der Waals surface area contributed by atoms with Crippen LogP contribution in [0.5, 0.6) is 0 Å². The molecule has 0 radical (unpaired) electrons. The van der Waals surface area contributed by atoms with Gasteiger partial charge in [0.05, 0.1) is 6.10 Å². The van der Waals surface area contributed by atoms with E-state index in [1.54, 1.807) is 12.2 Å². The first kappa shape index (κ1) is 19.7. The van der Waals surface area contributed by atoms with Crippen molar-refractivity contribution in [1.29, 1.82) is 0 Å². The molecule has 3 nitrogen and oxygen atoms in total. The van der Waals surface area contributed by atoms with Gasteiger partial charge in [-0.05, 0) is 32.1 Å². The van der Waals surface area contributed by atoms with E-state index in [-0.39, 0.29) is 0 Å². The van der Waals surface area contributed by atoms with E-state index in [4.69, 9.17) is 5.11 Å². The molecule has 0 aromatic carbocycles. The molecule has 1 atom stereocenters. The number of allylic oxidation sites excluding steroid dienone is 4. The van der Waals surface area contributed by atoms with Crippen LogP contribution in [0.15, 0.2) is 36.5 Å². The minimum atomic E-state index is -0.693. The molecule has 0 aliphatic heterocycles. The summed E-state index contributed by atoms with van der Waals surface area (Å²) in [7, 11) is 0. The average Bonchev–Trinajstić information content (AvgIpc) is 2.45. The van der Waals surface area contributed by atoms with E-state index in [2.05, 4.69) is 12.2 Å². The smallest absolute Gasteiger partial charge is 0.303 e. The lowest BCUT2D eigenvalue weighted by atomic mass is 10.1. The van der Waals surface area contributed by atoms with Gasteiger partial charge in [-0.3, -0.25) is 4.79 Å². The Hall–Kier alpha value is -1.35. The normalized spacial score (nSPS) is 13.6. The molecule has 3 heteroatoms. The van der Waals surface area contributed by atoms with Crippen molar-refractivity contribution < 1.29 is 15.0 Å². The summed E-state index contributed by atoms with van der Waals surface area (Å²) in [6.45, 7) is 2.04. The van der Waals surface area contributed by atoms with Gasteiger partial charge in [-0.1, -0.05) is 62.6 Å². The maximum absolute atomic E-state index is 10.3. The van der Waals surface area contributed by atoms with E-state index in [0.29, 0.717) is 6.42 Å². The molecule has 0 aromatic rings. The summed E-state index contributed by atoms with van der Waals surface area (Å²) in [5.41, 5.74) is 0. The summed E-state index contributed by atoms with van der Waals surface area (Å²) < 4.78 is 0. The third-order valence-electron chi connectivity index (χ3n) is 3.10. The second-order valence-corrected chi connectivity index (χ2v) is 5.16. The Kier molecular flexibility index (Phi) is 14.1. The van der Waals surface area contributed by atoms with Gasteiger partial charge in [0.1, 0.15) is 0 Å². The molecule has 0 spiro atoms. The largest absolute Gasteiger partial charge is 0.481 e. The molecule has 21 heavy (non-hydrogen) atoms. The molecule has 0 bridgehead atoms. The van der Waals surface area contributed by atoms with Crippen LogP contribution in [0, 0.1) is 0 Å². The number of unbranched alkanes of at least 4 members (excludes halogenated alkanes) is 5. The predicted octanol–water partition coefficient (Wildman–Crippen LogP) is 4.63. The van der Waals surface area contributed by atoms with Crippen molar-refractivity contribution in [1.82, 2.24) is 0 Å². The Labute approximate surface area is 129 Å². The third-order valence-corrected chi connectivity index (χ3v) is 3.10. The molecule has 0 rings (SSSR count). The second kappa shape index (κ2) is 15.0. The molecule has 0 aliphatic rings. The summed E-state index contributed by atoms with van der Waals surface area (Å²) in [6.07, 6.45) is 19.8. The van der Waals surface area contributed by atoms with Crippen LogP contribution in [0.4, 0.5) is 0 Å². The number of rotatable bonds is 13. The highest BCUT2D eigenvalue weighted by atomic mass is 16.4. The molecule has 0 aromatic heterocycles. The molecule has 0 saturated carbocycles. The fourth-order valence-electron chi connectivity index (χ4n) is 1.92. The predicted molar refractivity (Wildman–Crippen MR) is 88.3 cm³/mol. The van der Waals surface area contributed by atoms with Gasteiger partial charge < -0.3 is 10.2 Å². The third kappa shape index (κ3) is 16.6. The van der Waals surface area contributed by atoms with Crippen molar-refractivity contribution in [3.8, 4) is 0 Å². The highest BCUT2D eigenvalue weighted by Gasteiger charge is 1.95. The maximum Gasteiger partial charge on any atom is 0.303 e. The van der Waals surface area contributed by atoms with E-state index < -0.39 is 12.1 Å². The zero-order chi connectivity index (χ0) is 15.8. The fraction of sp³-hybridized carbons (Fsp3) is 0.611. The number of carboxylic acid groups (broad SMARTS) is 1. The number of carbonyl (C=O) groups is 1. The van der Waals surface area contributed by atoms with Crippen LogP contribution < -0.4 is 0 Å². The highest BCUT2D eigenvalue weighted by molar-refractivity contribution is 5.66. The van der Waals surface area contributed by atoms with Gasteiger partial charge in [0.2, 0.25) is 0 Å². The van der Waals surface area contributed by atoms with Gasteiger partial charge in [-0.15, -0.1) is 0 Å². The molecule has 2 N–H and O–H groups in total. The first-order valence-corrected chi connectivity index (χ1v) is 8.05. The number of aliphatic hydroxyl groups excluding tert-OH is 1. The van der Waals surface area contributed by atoms with Gasteiger partial charge in [0.15, 0.2) is 0 Å². The highest BCUT2D eigenvalue weighted by Crippen LogP contribution is 2.07. The van der Waals surface area contributed by atoms with Crippen LogP contribution in [0.3, 0.4) is 0 Å². The fourth-order valence-corrected chi connectivity index (χ4v) is 1.92. The molecular formula is C18H30O3. The lowest BCUT2D eigenvalue weighted by molar-refractivity contribution is -0.137. The van der Waals surface area contributed by atoms with Crippen molar-refractivity contribution in [3.05, 3.63) is 36.5 Å². The molecule has 120 valence electrons. The monoisotopic (exact) mass is 294 g/mol. The molecule has 0 saturated heterocycles. The van der Waals surface area contributed by atoms with Crippen LogP contribution in [0.2, 0.25) is 0 Å². The summed E-state index contributed by atoms with van der Waals surface area (Å²) in [5.74, 6) is -0.693. The summed E-state index contributed by atoms with van der Waals surface area (Å²) in [6, 6.07) is 0. The van der Waals surface area contributed by atoms with Crippen LogP contribution in [0.1, 0.15) is 64.7 Å². The molecular weight excluding hydrogens is 264 g/mol. The SMILES string of the molecule is CC/C=C\C(O)/C=C\C/C=C\CCCCCCCC(=O)O. The van der Waals surface area contributed by atoms with Gasteiger partial charge in [0, 0.05) is 6.42 Å². The number of hydrogen-bond acceptors (Lipinski definition) is 2. The van der Waals surface area contributed by atoms with Gasteiger partial charge in [0.25, 0.3) is 0 Å². The summed E-state index contributed by atoms with van der Waals surface area (Å²) in [5, 5.41) is 18.0. The van der Waals surface area contributed by atoms with Crippen molar-refractivity contribution in [2.24, 2.45) is 0 Å². The van der Waals surface area contributed by atoms with Crippen LogP contribution in [-0.4, -0.2) is 22.3 Å². The molecule has 0 amide bonds.